The van der Waals surface area contributed by atoms with Crippen LogP contribution in [-0.2, 0) is 11.2 Å². The zero-order valence-electron chi connectivity index (χ0n) is 9.10. The number of hydrogen-bond donors (Lipinski definition) is 3. The van der Waals surface area contributed by atoms with Gasteiger partial charge in [-0.25, -0.2) is 4.79 Å². The molecule has 0 saturated carbocycles. The first-order valence-corrected chi connectivity index (χ1v) is 4.56. The minimum absolute atomic E-state index is 0.0655. The van der Waals surface area contributed by atoms with Gasteiger partial charge in [0.15, 0.2) is 0 Å². The van der Waals surface area contributed by atoms with E-state index in [1.807, 2.05) is 13.8 Å². The highest BCUT2D eigenvalue weighted by Crippen LogP contribution is 2.18. The normalized spacial score (nSPS) is 10.1. The molecule has 0 aromatic carbocycles. The molecule has 0 unspecified atom stereocenters. The summed E-state index contributed by atoms with van der Waals surface area (Å²) in [6.07, 6.45) is 0.323. The smallest absolute Gasteiger partial charge is 0.354 e. The molecule has 5 heteroatoms. The van der Waals surface area contributed by atoms with Crippen molar-refractivity contribution in [2.75, 3.05) is 7.11 Å². The van der Waals surface area contributed by atoms with Crippen molar-refractivity contribution in [1.29, 1.82) is 5.41 Å². The van der Waals surface area contributed by atoms with Crippen molar-refractivity contribution >= 4 is 11.8 Å². The Morgan fingerprint density at radius 2 is 2.07 bits per heavy atom. The van der Waals surface area contributed by atoms with Crippen LogP contribution in [0.4, 0.5) is 0 Å². The number of carbonyl (C=O) groups excluding carboxylic acids is 1. The van der Waals surface area contributed by atoms with E-state index in [2.05, 4.69) is 9.72 Å². The van der Waals surface area contributed by atoms with Gasteiger partial charge in [-0.1, -0.05) is 0 Å². The first kappa shape index (κ1) is 11.3. The van der Waals surface area contributed by atoms with Crippen molar-refractivity contribution in [2.45, 2.75) is 20.3 Å². The van der Waals surface area contributed by atoms with Crippen LogP contribution in [0, 0.1) is 19.3 Å². The van der Waals surface area contributed by atoms with Gasteiger partial charge in [-0.05, 0) is 25.0 Å². The predicted molar refractivity (Wildman–Crippen MR) is 57.2 cm³/mol. The molecule has 0 bridgehead atoms. The minimum Gasteiger partial charge on any atom is -0.464 e. The molecule has 4 N–H and O–H groups in total. The summed E-state index contributed by atoms with van der Waals surface area (Å²) in [4.78, 5) is 14.3. The SMILES string of the molecule is COC(=O)c1[nH]c(CC(=N)N)c(C)c1C. The van der Waals surface area contributed by atoms with Crippen LogP contribution in [0.15, 0.2) is 0 Å². The lowest BCUT2D eigenvalue weighted by Gasteiger charge is -1.97. The van der Waals surface area contributed by atoms with E-state index < -0.39 is 5.97 Å². The molecule has 0 spiro atoms. The molecule has 1 rings (SSSR count). The van der Waals surface area contributed by atoms with Crippen LogP contribution < -0.4 is 5.73 Å². The summed E-state index contributed by atoms with van der Waals surface area (Å²) in [6.45, 7) is 3.72. The van der Waals surface area contributed by atoms with E-state index in [-0.39, 0.29) is 5.84 Å². The van der Waals surface area contributed by atoms with Crippen molar-refractivity contribution in [3.8, 4) is 0 Å². The topological polar surface area (TPSA) is 92.0 Å². The van der Waals surface area contributed by atoms with Crippen molar-refractivity contribution in [1.82, 2.24) is 4.98 Å². The number of aromatic nitrogens is 1. The molecule has 1 aromatic heterocycles. The van der Waals surface area contributed by atoms with Crippen LogP contribution >= 0.6 is 0 Å². The standard InChI is InChI=1S/C10H15N3O2/c1-5-6(2)9(10(14)15-3)13-7(5)4-8(11)12/h13H,4H2,1-3H3,(H3,11,12). The quantitative estimate of drug-likeness (QED) is 0.392. The van der Waals surface area contributed by atoms with Crippen molar-refractivity contribution in [3.05, 3.63) is 22.5 Å². The Bertz CT molecular complexity index is 407. The monoisotopic (exact) mass is 209 g/mol. The van der Waals surface area contributed by atoms with Crippen molar-refractivity contribution < 1.29 is 9.53 Å². The molecule has 0 aliphatic heterocycles. The summed E-state index contributed by atoms with van der Waals surface area (Å²) < 4.78 is 4.64. The summed E-state index contributed by atoms with van der Waals surface area (Å²) in [5.41, 5.74) is 8.33. The van der Waals surface area contributed by atoms with E-state index in [9.17, 15) is 4.79 Å². The van der Waals surface area contributed by atoms with Gasteiger partial charge in [-0.3, -0.25) is 5.41 Å². The van der Waals surface area contributed by atoms with E-state index in [1.165, 1.54) is 7.11 Å². The average molecular weight is 209 g/mol. The Balaban J connectivity index is 3.12. The van der Waals surface area contributed by atoms with Gasteiger partial charge in [0.2, 0.25) is 0 Å². The van der Waals surface area contributed by atoms with Gasteiger partial charge < -0.3 is 15.5 Å². The van der Waals surface area contributed by atoms with E-state index in [4.69, 9.17) is 11.1 Å². The fraction of sp³-hybridized carbons (Fsp3) is 0.400. The number of carbonyl (C=O) groups is 1. The largest absolute Gasteiger partial charge is 0.464 e. The first-order valence-electron chi connectivity index (χ1n) is 4.56. The summed E-state index contributed by atoms with van der Waals surface area (Å²) in [5, 5.41) is 7.20. The minimum atomic E-state index is -0.398. The number of methoxy groups -OCH3 is 1. The van der Waals surface area contributed by atoms with E-state index in [1.54, 1.807) is 0 Å². The van der Waals surface area contributed by atoms with Gasteiger partial charge in [0, 0.05) is 12.1 Å². The van der Waals surface area contributed by atoms with E-state index in [0.717, 1.165) is 16.8 Å². The maximum absolute atomic E-state index is 11.3. The molecule has 0 saturated heterocycles. The molecule has 1 aromatic rings. The highest BCUT2D eigenvalue weighted by atomic mass is 16.5. The maximum atomic E-state index is 11.3. The predicted octanol–water partition coefficient (Wildman–Crippen LogP) is 0.897. The van der Waals surface area contributed by atoms with Crippen LogP contribution in [0.1, 0.15) is 27.3 Å². The summed E-state index contributed by atoms with van der Waals surface area (Å²) in [7, 11) is 1.34. The lowest BCUT2D eigenvalue weighted by atomic mass is 10.1. The molecule has 0 atom stereocenters. The number of nitrogens with two attached hydrogens (primary N) is 1. The zero-order chi connectivity index (χ0) is 11.6. The molecule has 1 heterocycles. The Kier molecular flexibility index (Phi) is 3.14. The maximum Gasteiger partial charge on any atom is 0.354 e. The highest BCUT2D eigenvalue weighted by molar-refractivity contribution is 5.90. The summed E-state index contributed by atoms with van der Waals surface area (Å²) >= 11 is 0. The number of esters is 1. The summed E-state index contributed by atoms with van der Waals surface area (Å²) in [6, 6.07) is 0. The number of amidine groups is 1. The van der Waals surface area contributed by atoms with Crippen LogP contribution in [0.25, 0.3) is 0 Å². The molecule has 0 aliphatic carbocycles. The molecular weight excluding hydrogens is 194 g/mol. The number of nitrogens with one attached hydrogen (secondary N) is 2. The third-order valence-corrected chi connectivity index (χ3v) is 2.42. The van der Waals surface area contributed by atoms with Crippen LogP contribution in [0.5, 0.6) is 0 Å². The molecule has 0 aliphatic rings. The second-order valence-corrected chi connectivity index (χ2v) is 3.42. The number of rotatable bonds is 3. The Hall–Kier alpha value is -1.78. The fourth-order valence-electron chi connectivity index (χ4n) is 1.43. The third kappa shape index (κ3) is 2.18. The van der Waals surface area contributed by atoms with Gasteiger partial charge in [0.25, 0.3) is 0 Å². The molecule has 0 amide bonds. The second-order valence-electron chi connectivity index (χ2n) is 3.42. The molecular formula is C10H15N3O2. The van der Waals surface area contributed by atoms with Crippen LogP contribution in [-0.4, -0.2) is 23.9 Å². The molecule has 15 heavy (non-hydrogen) atoms. The zero-order valence-corrected chi connectivity index (χ0v) is 9.10. The number of ether oxygens (including phenoxy) is 1. The van der Waals surface area contributed by atoms with Gasteiger partial charge >= 0.3 is 5.97 Å². The highest BCUT2D eigenvalue weighted by Gasteiger charge is 2.17. The van der Waals surface area contributed by atoms with Gasteiger partial charge in [0.05, 0.1) is 12.9 Å². The van der Waals surface area contributed by atoms with Crippen molar-refractivity contribution in [2.24, 2.45) is 5.73 Å². The molecule has 82 valence electrons. The lowest BCUT2D eigenvalue weighted by molar-refractivity contribution is 0.0594. The van der Waals surface area contributed by atoms with Gasteiger partial charge in [-0.2, -0.15) is 0 Å². The Labute approximate surface area is 88.1 Å². The summed E-state index contributed by atoms with van der Waals surface area (Å²) in [5.74, 6) is -0.332. The third-order valence-electron chi connectivity index (χ3n) is 2.42. The Morgan fingerprint density at radius 3 is 2.53 bits per heavy atom. The lowest BCUT2D eigenvalue weighted by Crippen LogP contribution is -2.13. The second kappa shape index (κ2) is 4.16. The average Bonchev–Trinajstić information content (AvgIpc) is 2.44. The van der Waals surface area contributed by atoms with Crippen LogP contribution in [0.3, 0.4) is 0 Å². The van der Waals surface area contributed by atoms with E-state index in [0.29, 0.717) is 12.1 Å². The van der Waals surface area contributed by atoms with Crippen molar-refractivity contribution in [3.63, 3.8) is 0 Å². The Morgan fingerprint density at radius 1 is 1.47 bits per heavy atom. The number of H-pyrrole nitrogens is 1. The van der Waals surface area contributed by atoms with Gasteiger partial charge in [-0.15, -0.1) is 0 Å². The van der Waals surface area contributed by atoms with Gasteiger partial charge in [0.1, 0.15) is 5.69 Å². The molecule has 5 nitrogen and oxygen atoms in total. The van der Waals surface area contributed by atoms with Crippen LogP contribution in [0.2, 0.25) is 0 Å². The number of hydrogen-bond acceptors (Lipinski definition) is 3. The molecule has 0 fully saturated rings. The first-order chi connectivity index (χ1) is 6.97. The van der Waals surface area contributed by atoms with E-state index >= 15 is 0 Å². The fourth-order valence-corrected chi connectivity index (χ4v) is 1.43. The molecule has 0 radical (unpaired) electrons. The number of aromatic amines is 1.